The minimum Gasteiger partial charge on any atom is -0.481 e. The first-order valence-corrected chi connectivity index (χ1v) is 6.18. The predicted octanol–water partition coefficient (Wildman–Crippen LogP) is 0.980. The van der Waals surface area contributed by atoms with Gasteiger partial charge in [0.1, 0.15) is 12.1 Å². The third-order valence-electron chi connectivity index (χ3n) is 2.98. The van der Waals surface area contributed by atoms with E-state index in [-0.39, 0.29) is 0 Å². The fraction of sp³-hybridized carbons (Fsp3) is 0.500. The average Bonchev–Trinajstić information content (AvgIpc) is 2.82. The van der Waals surface area contributed by atoms with Crippen LogP contribution in [0.1, 0.15) is 19.5 Å². The van der Waals surface area contributed by atoms with Crippen LogP contribution in [0.5, 0.6) is 0 Å². The van der Waals surface area contributed by atoms with Crippen LogP contribution >= 0.6 is 0 Å². The number of aromatic nitrogens is 4. The molecule has 19 heavy (non-hydrogen) atoms. The Morgan fingerprint density at radius 1 is 1.58 bits per heavy atom. The quantitative estimate of drug-likeness (QED) is 0.865. The van der Waals surface area contributed by atoms with Gasteiger partial charge in [0.25, 0.3) is 5.78 Å². The van der Waals surface area contributed by atoms with Crippen molar-refractivity contribution in [2.24, 2.45) is 5.92 Å². The zero-order chi connectivity index (χ0) is 14.0. The van der Waals surface area contributed by atoms with Crippen molar-refractivity contribution in [3.8, 4) is 0 Å². The lowest BCUT2D eigenvalue weighted by atomic mass is 10.1. The Labute approximate surface area is 110 Å². The molecule has 1 N–H and O–H groups in total. The summed E-state index contributed by atoms with van der Waals surface area (Å²) < 4.78 is 1.63. The van der Waals surface area contributed by atoms with Crippen molar-refractivity contribution < 1.29 is 9.90 Å². The van der Waals surface area contributed by atoms with Gasteiger partial charge in [-0.25, -0.2) is 4.98 Å². The van der Waals surface area contributed by atoms with Gasteiger partial charge in [-0.05, 0) is 13.8 Å². The second-order valence-corrected chi connectivity index (χ2v) is 4.51. The molecule has 7 heteroatoms. The third-order valence-corrected chi connectivity index (χ3v) is 2.98. The number of anilines is 1. The smallest absolute Gasteiger partial charge is 0.308 e. The van der Waals surface area contributed by atoms with E-state index in [2.05, 4.69) is 15.1 Å². The maximum Gasteiger partial charge on any atom is 0.308 e. The van der Waals surface area contributed by atoms with E-state index >= 15 is 0 Å². The number of carbonyl (C=O) groups is 1. The van der Waals surface area contributed by atoms with Crippen LogP contribution in [-0.4, -0.2) is 43.7 Å². The Bertz CT molecular complexity index is 595. The molecule has 0 aliphatic carbocycles. The van der Waals surface area contributed by atoms with E-state index in [1.165, 1.54) is 6.33 Å². The van der Waals surface area contributed by atoms with Crippen molar-refractivity contribution in [1.82, 2.24) is 19.6 Å². The van der Waals surface area contributed by atoms with Gasteiger partial charge in [0.15, 0.2) is 0 Å². The third kappa shape index (κ3) is 2.64. The SMILES string of the molecule is CCN(CC(C)C(=O)O)c1cc(C)nc2ncnn12. The van der Waals surface area contributed by atoms with Crippen LogP contribution in [0.15, 0.2) is 12.4 Å². The molecule has 0 aromatic carbocycles. The van der Waals surface area contributed by atoms with Crippen molar-refractivity contribution >= 4 is 17.6 Å². The number of aryl methyl sites for hydroxylation is 1. The summed E-state index contributed by atoms with van der Waals surface area (Å²) in [6.45, 7) is 6.66. The highest BCUT2D eigenvalue weighted by Crippen LogP contribution is 2.17. The highest BCUT2D eigenvalue weighted by Gasteiger charge is 2.18. The van der Waals surface area contributed by atoms with Crippen LogP contribution in [0.25, 0.3) is 5.78 Å². The van der Waals surface area contributed by atoms with Gasteiger partial charge in [0, 0.05) is 24.8 Å². The lowest BCUT2D eigenvalue weighted by Gasteiger charge is -2.25. The number of hydrogen-bond acceptors (Lipinski definition) is 5. The van der Waals surface area contributed by atoms with Gasteiger partial charge in [0.05, 0.1) is 5.92 Å². The van der Waals surface area contributed by atoms with Gasteiger partial charge in [0.2, 0.25) is 0 Å². The van der Waals surface area contributed by atoms with E-state index in [1.54, 1.807) is 11.4 Å². The topological polar surface area (TPSA) is 83.6 Å². The first-order chi connectivity index (χ1) is 9.02. The average molecular weight is 263 g/mol. The number of carboxylic acid groups (broad SMARTS) is 1. The van der Waals surface area contributed by atoms with Crippen LogP contribution in [0.2, 0.25) is 0 Å². The number of carboxylic acids is 1. The monoisotopic (exact) mass is 263 g/mol. The van der Waals surface area contributed by atoms with Gasteiger partial charge >= 0.3 is 5.97 Å². The molecule has 2 rings (SSSR count). The molecule has 1 atom stereocenters. The first kappa shape index (κ1) is 13.3. The summed E-state index contributed by atoms with van der Waals surface area (Å²) >= 11 is 0. The summed E-state index contributed by atoms with van der Waals surface area (Å²) in [7, 11) is 0. The van der Waals surface area contributed by atoms with Crippen LogP contribution in [-0.2, 0) is 4.79 Å². The fourth-order valence-corrected chi connectivity index (χ4v) is 1.93. The second-order valence-electron chi connectivity index (χ2n) is 4.51. The molecule has 7 nitrogen and oxygen atoms in total. The molecule has 1 unspecified atom stereocenters. The van der Waals surface area contributed by atoms with Gasteiger partial charge in [-0.2, -0.15) is 14.6 Å². The number of fused-ring (bicyclic) bond motifs is 1. The molecule has 0 saturated carbocycles. The van der Waals surface area contributed by atoms with E-state index in [0.29, 0.717) is 18.9 Å². The van der Waals surface area contributed by atoms with E-state index in [4.69, 9.17) is 5.11 Å². The lowest BCUT2D eigenvalue weighted by Crippen LogP contribution is -2.33. The molecule has 2 aromatic rings. The van der Waals surface area contributed by atoms with Gasteiger partial charge in [-0.3, -0.25) is 4.79 Å². The molecule has 0 saturated heterocycles. The van der Waals surface area contributed by atoms with Crippen LogP contribution in [0.4, 0.5) is 5.82 Å². The molecule has 0 amide bonds. The molecular weight excluding hydrogens is 246 g/mol. The molecule has 2 heterocycles. The molecular formula is C12H17N5O2. The van der Waals surface area contributed by atoms with Crippen molar-refractivity contribution in [3.63, 3.8) is 0 Å². The molecule has 0 fully saturated rings. The van der Waals surface area contributed by atoms with E-state index in [0.717, 1.165) is 11.5 Å². The Balaban J connectivity index is 2.39. The summed E-state index contributed by atoms with van der Waals surface area (Å²) in [4.78, 5) is 21.3. The number of nitrogens with zero attached hydrogens (tertiary/aromatic N) is 5. The van der Waals surface area contributed by atoms with Crippen LogP contribution in [0.3, 0.4) is 0 Å². The molecule has 0 spiro atoms. The van der Waals surface area contributed by atoms with Crippen molar-refractivity contribution in [1.29, 1.82) is 0 Å². The highest BCUT2D eigenvalue weighted by atomic mass is 16.4. The Kier molecular flexibility index (Phi) is 3.64. The summed E-state index contributed by atoms with van der Waals surface area (Å²) in [6, 6.07) is 1.89. The fourth-order valence-electron chi connectivity index (χ4n) is 1.93. The summed E-state index contributed by atoms with van der Waals surface area (Å²) in [5.41, 5.74) is 0.830. The molecule has 102 valence electrons. The van der Waals surface area contributed by atoms with E-state index in [1.807, 2.05) is 24.8 Å². The number of hydrogen-bond donors (Lipinski definition) is 1. The zero-order valence-corrected chi connectivity index (χ0v) is 11.2. The zero-order valence-electron chi connectivity index (χ0n) is 11.2. The van der Waals surface area contributed by atoms with E-state index < -0.39 is 11.9 Å². The predicted molar refractivity (Wildman–Crippen MR) is 70.2 cm³/mol. The minimum absolute atomic E-state index is 0.421. The maximum absolute atomic E-state index is 11.0. The molecule has 0 radical (unpaired) electrons. The standard InChI is InChI=1S/C12H17N5O2/c1-4-16(6-8(2)11(18)19)10-5-9(3)15-12-13-7-14-17(10)12/h5,7-8H,4,6H2,1-3H3,(H,18,19). The largest absolute Gasteiger partial charge is 0.481 e. The van der Waals surface area contributed by atoms with Gasteiger partial charge in [-0.15, -0.1) is 0 Å². The normalized spacial score (nSPS) is 12.6. The molecule has 2 aromatic heterocycles. The van der Waals surface area contributed by atoms with Gasteiger partial charge < -0.3 is 10.0 Å². The van der Waals surface area contributed by atoms with Crippen molar-refractivity contribution in [2.75, 3.05) is 18.0 Å². The molecule has 0 aliphatic rings. The Morgan fingerprint density at radius 2 is 2.32 bits per heavy atom. The summed E-state index contributed by atoms with van der Waals surface area (Å²) in [6.07, 6.45) is 1.44. The van der Waals surface area contributed by atoms with Crippen LogP contribution < -0.4 is 4.90 Å². The summed E-state index contributed by atoms with van der Waals surface area (Å²) in [5, 5.41) is 13.2. The van der Waals surface area contributed by atoms with E-state index in [9.17, 15) is 4.79 Å². The minimum atomic E-state index is -0.806. The maximum atomic E-state index is 11.0. The van der Waals surface area contributed by atoms with Crippen molar-refractivity contribution in [2.45, 2.75) is 20.8 Å². The lowest BCUT2D eigenvalue weighted by molar-refractivity contribution is -0.140. The molecule has 0 bridgehead atoms. The van der Waals surface area contributed by atoms with Crippen molar-refractivity contribution in [3.05, 3.63) is 18.1 Å². The van der Waals surface area contributed by atoms with Gasteiger partial charge in [-0.1, -0.05) is 6.92 Å². The Hall–Kier alpha value is -2.18. The van der Waals surface area contributed by atoms with Crippen LogP contribution in [0, 0.1) is 12.8 Å². The highest BCUT2D eigenvalue weighted by molar-refractivity contribution is 5.70. The number of rotatable bonds is 5. The summed E-state index contributed by atoms with van der Waals surface area (Å²) in [5.74, 6) is 0.0816. The molecule has 0 aliphatic heterocycles. The number of aliphatic carboxylic acids is 1. The second kappa shape index (κ2) is 5.21. The first-order valence-electron chi connectivity index (χ1n) is 6.18. The Morgan fingerprint density at radius 3 is 2.95 bits per heavy atom.